The zero-order valence-electron chi connectivity index (χ0n) is 11.1. The number of likely N-dealkylation sites (N-methyl/N-ethyl adjacent to an activating group) is 1. The highest BCUT2D eigenvalue weighted by molar-refractivity contribution is 6.30. The predicted octanol–water partition coefficient (Wildman–Crippen LogP) is 2.98. The molecule has 1 spiro atoms. The van der Waals surface area contributed by atoms with Crippen molar-refractivity contribution in [1.29, 1.82) is 0 Å². The molecule has 19 heavy (non-hydrogen) atoms. The summed E-state index contributed by atoms with van der Waals surface area (Å²) in [6.45, 7) is 1.13. The summed E-state index contributed by atoms with van der Waals surface area (Å²) in [5.74, 6) is 1.33. The Balaban J connectivity index is 1.43. The lowest BCUT2D eigenvalue weighted by atomic mass is 10.2. The number of nitrogens with zero attached hydrogens (tertiary/aromatic N) is 1. The maximum absolute atomic E-state index is 12.1. The summed E-state index contributed by atoms with van der Waals surface area (Å²) in [5, 5.41) is 0.663. The molecular formula is C15H18ClNO2. The van der Waals surface area contributed by atoms with Crippen molar-refractivity contribution < 1.29 is 9.53 Å². The lowest BCUT2D eigenvalue weighted by Crippen LogP contribution is -2.32. The van der Waals surface area contributed by atoms with Crippen molar-refractivity contribution in [2.75, 3.05) is 20.2 Å². The lowest BCUT2D eigenvalue weighted by Gasteiger charge is -2.17. The Hall–Kier alpha value is -1.22. The van der Waals surface area contributed by atoms with Gasteiger partial charge in [-0.25, -0.2) is 0 Å². The number of halogens is 1. The first-order valence-corrected chi connectivity index (χ1v) is 7.12. The quantitative estimate of drug-likeness (QED) is 0.829. The Morgan fingerprint density at radius 1 is 1.53 bits per heavy atom. The number of amides is 1. The molecule has 0 aliphatic heterocycles. The molecule has 1 amide bonds. The van der Waals surface area contributed by atoms with Crippen LogP contribution in [0.4, 0.5) is 0 Å². The van der Waals surface area contributed by atoms with Crippen LogP contribution in [-0.2, 0) is 4.79 Å². The van der Waals surface area contributed by atoms with Gasteiger partial charge in [-0.2, -0.15) is 0 Å². The van der Waals surface area contributed by atoms with Crippen LogP contribution in [-0.4, -0.2) is 31.0 Å². The molecular weight excluding hydrogens is 262 g/mol. The first-order chi connectivity index (χ1) is 9.11. The van der Waals surface area contributed by atoms with Crippen molar-refractivity contribution in [3.63, 3.8) is 0 Å². The highest BCUT2D eigenvalue weighted by atomic mass is 35.5. The van der Waals surface area contributed by atoms with Crippen LogP contribution in [0.25, 0.3) is 0 Å². The molecule has 1 atom stereocenters. The Bertz CT molecular complexity index is 499. The standard InChI is InChI=1S/C15H18ClNO2/c1-17(14(18)13-10-15(13)5-6-15)7-8-19-12-4-2-3-11(16)9-12/h2-4,9,13H,5-8,10H2,1H3/t13-/m0/s1. The molecule has 0 saturated heterocycles. The third-order valence-corrected chi connectivity index (χ3v) is 4.48. The Kier molecular flexibility index (Phi) is 3.17. The summed E-state index contributed by atoms with van der Waals surface area (Å²) >= 11 is 5.88. The van der Waals surface area contributed by atoms with E-state index in [-0.39, 0.29) is 5.91 Å². The normalized spacial score (nSPS) is 22.1. The molecule has 4 heteroatoms. The van der Waals surface area contributed by atoms with Crippen molar-refractivity contribution in [2.24, 2.45) is 11.3 Å². The average Bonchev–Trinajstić information content (AvgIpc) is 3.29. The molecule has 0 radical (unpaired) electrons. The fourth-order valence-electron chi connectivity index (χ4n) is 2.64. The monoisotopic (exact) mass is 279 g/mol. The SMILES string of the molecule is CN(CCOc1cccc(Cl)c1)C(=O)[C@@H]1CC12CC2. The highest BCUT2D eigenvalue weighted by Gasteiger charge is 2.66. The molecule has 0 bridgehead atoms. The molecule has 102 valence electrons. The number of carbonyl (C=O) groups excluding carboxylic acids is 1. The molecule has 0 heterocycles. The van der Waals surface area contributed by atoms with E-state index in [2.05, 4.69) is 0 Å². The van der Waals surface area contributed by atoms with E-state index < -0.39 is 0 Å². The number of ether oxygens (including phenoxy) is 1. The zero-order chi connectivity index (χ0) is 13.5. The van der Waals surface area contributed by atoms with Gasteiger partial charge in [0.1, 0.15) is 12.4 Å². The van der Waals surface area contributed by atoms with Crippen LogP contribution < -0.4 is 4.74 Å². The van der Waals surface area contributed by atoms with Crippen LogP contribution >= 0.6 is 11.6 Å². The fourth-order valence-corrected chi connectivity index (χ4v) is 2.82. The number of benzene rings is 1. The minimum absolute atomic E-state index is 0.284. The van der Waals surface area contributed by atoms with Gasteiger partial charge in [0.05, 0.1) is 6.54 Å². The van der Waals surface area contributed by atoms with Crippen molar-refractivity contribution in [1.82, 2.24) is 4.90 Å². The summed E-state index contributed by atoms with van der Waals surface area (Å²) in [6, 6.07) is 7.32. The molecule has 2 aliphatic rings. The molecule has 3 nitrogen and oxygen atoms in total. The smallest absolute Gasteiger partial charge is 0.226 e. The maximum atomic E-state index is 12.1. The first-order valence-electron chi connectivity index (χ1n) is 6.74. The Morgan fingerprint density at radius 3 is 2.95 bits per heavy atom. The summed E-state index contributed by atoms with van der Waals surface area (Å²) in [4.78, 5) is 13.9. The molecule has 0 N–H and O–H groups in total. The topological polar surface area (TPSA) is 29.5 Å². The van der Waals surface area contributed by atoms with Gasteiger partial charge in [0.15, 0.2) is 0 Å². The van der Waals surface area contributed by atoms with Crippen molar-refractivity contribution in [3.05, 3.63) is 29.3 Å². The second-order valence-corrected chi connectivity index (χ2v) is 6.12. The van der Waals surface area contributed by atoms with Crippen molar-refractivity contribution >= 4 is 17.5 Å². The van der Waals surface area contributed by atoms with Gasteiger partial charge in [0.2, 0.25) is 5.91 Å². The van der Waals surface area contributed by atoms with Crippen LogP contribution in [0.2, 0.25) is 5.02 Å². The van der Waals surface area contributed by atoms with Gasteiger partial charge in [-0.15, -0.1) is 0 Å². The molecule has 0 unspecified atom stereocenters. The van der Waals surface area contributed by atoms with Crippen LogP contribution in [0.3, 0.4) is 0 Å². The van der Waals surface area contributed by atoms with E-state index in [0.29, 0.717) is 29.5 Å². The van der Waals surface area contributed by atoms with E-state index in [9.17, 15) is 4.79 Å². The van der Waals surface area contributed by atoms with Crippen molar-refractivity contribution in [2.45, 2.75) is 19.3 Å². The van der Waals surface area contributed by atoms with E-state index >= 15 is 0 Å². The maximum Gasteiger partial charge on any atom is 0.226 e. The molecule has 1 aromatic carbocycles. The number of carbonyl (C=O) groups is 1. The third-order valence-electron chi connectivity index (χ3n) is 4.25. The zero-order valence-corrected chi connectivity index (χ0v) is 11.8. The lowest BCUT2D eigenvalue weighted by molar-refractivity contribution is -0.132. The van der Waals surface area contributed by atoms with Gasteiger partial charge < -0.3 is 9.64 Å². The van der Waals surface area contributed by atoms with Gasteiger partial charge in [-0.05, 0) is 42.9 Å². The minimum Gasteiger partial charge on any atom is -0.492 e. The first kappa shape index (κ1) is 12.8. The molecule has 2 saturated carbocycles. The van der Waals surface area contributed by atoms with E-state index in [0.717, 1.165) is 12.2 Å². The summed E-state index contributed by atoms with van der Waals surface area (Å²) in [6.07, 6.45) is 3.60. The van der Waals surface area contributed by atoms with Gasteiger partial charge in [-0.3, -0.25) is 4.79 Å². The number of hydrogen-bond donors (Lipinski definition) is 0. The second kappa shape index (κ2) is 4.71. The summed E-state index contributed by atoms with van der Waals surface area (Å²) in [5.41, 5.74) is 0.430. The molecule has 2 aliphatic carbocycles. The van der Waals surface area contributed by atoms with E-state index in [4.69, 9.17) is 16.3 Å². The highest BCUT2D eigenvalue weighted by Crippen LogP contribution is 2.70. The Morgan fingerprint density at radius 2 is 2.32 bits per heavy atom. The fraction of sp³-hybridized carbons (Fsp3) is 0.533. The summed E-state index contributed by atoms with van der Waals surface area (Å²) < 4.78 is 5.60. The van der Waals surface area contributed by atoms with Crippen LogP contribution in [0.15, 0.2) is 24.3 Å². The van der Waals surface area contributed by atoms with E-state index in [1.165, 1.54) is 12.8 Å². The predicted molar refractivity (Wildman–Crippen MR) is 74.4 cm³/mol. The van der Waals surface area contributed by atoms with Gasteiger partial charge >= 0.3 is 0 Å². The van der Waals surface area contributed by atoms with Crippen molar-refractivity contribution in [3.8, 4) is 5.75 Å². The summed E-state index contributed by atoms with van der Waals surface area (Å²) in [7, 11) is 1.86. The van der Waals surface area contributed by atoms with Gasteiger partial charge in [0, 0.05) is 18.0 Å². The minimum atomic E-state index is 0.284. The Labute approximate surface area is 118 Å². The largest absolute Gasteiger partial charge is 0.492 e. The molecule has 2 fully saturated rings. The second-order valence-electron chi connectivity index (χ2n) is 5.68. The molecule has 3 rings (SSSR count). The number of hydrogen-bond acceptors (Lipinski definition) is 2. The van der Waals surface area contributed by atoms with Crippen LogP contribution in [0.1, 0.15) is 19.3 Å². The molecule has 1 aromatic rings. The van der Waals surface area contributed by atoms with E-state index in [1.54, 1.807) is 11.0 Å². The van der Waals surface area contributed by atoms with Crippen LogP contribution in [0.5, 0.6) is 5.75 Å². The van der Waals surface area contributed by atoms with E-state index in [1.807, 2.05) is 25.2 Å². The van der Waals surface area contributed by atoms with Gasteiger partial charge in [-0.1, -0.05) is 17.7 Å². The molecule has 0 aromatic heterocycles. The third kappa shape index (κ3) is 2.71. The number of rotatable bonds is 5. The van der Waals surface area contributed by atoms with Crippen LogP contribution in [0, 0.1) is 11.3 Å². The average molecular weight is 280 g/mol. The van der Waals surface area contributed by atoms with Gasteiger partial charge in [0.25, 0.3) is 0 Å².